The zero-order valence-corrected chi connectivity index (χ0v) is 33.1. The van der Waals surface area contributed by atoms with Gasteiger partial charge in [-0.2, -0.15) is 26.3 Å². The van der Waals surface area contributed by atoms with Gasteiger partial charge in [-0.1, -0.05) is 18.2 Å². The highest BCUT2D eigenvalue weighted by molar-refractivity contribution is 5.76. The minimum Gasteiger partial charge on any atom is -0.389 e. The Labute approximate surface area is 332 Å². The van der Waals surface area contributed by atoms with Crippen molar-refractivity contribution < 1.29 is 40.6 Å². The standard InChI is InChI=1S/C23H34F3N3O2.C19H27F4N3/c1-17(30)19-3-2-4-21(15-19)29-13-11-28(12-14-29)10-9-18-5-7-20(8-6-18)27-22(31)16-23(24,25)26;20-18-16(19(21,22)23)2-1-3-17(18)26-12-10-25(11-13-26)9-8-14-4-6-15(24)7-5-14/h2-4,15,17-18,20,30H,5-14,16H2,1H3,(H,27,31);1-3,14-15H,4-13,24H2. The lowest BCUT2D eigenvalue weighted by Crippen LogP contribution is -2.47. The van der Waals surface area contributed by atoms with Crippen LogP contribution >= 0.6 is 0 Å². The fourth-order valence-electron chi connectivity index (χ4n) is 8.67. The lowest BCUT2D eigenvalue weighted by molar-refractivity contribution is -0.154. The van der Waals surface area contributed by atoms with Crippen LogP contribution < -0.4 is 20.9 Å². The second kappa shape index (κ2) is 20.7. The van der Waals surface area contributed by atoms with E-state index in [1.807, 2.05) is 12.1 Å². The minimum absolute atomic E-state index is 0.0562. The molecule has 1 amide bonds. The number of anilines is 2. The van der Waals surface area contributed by atoms with Crippen LogP contribution in [0.15, 0.2) is 42.5 Å². The fraction of sp³-hybridized carbons (Fsp3) is 0.690. The Morgan fingerprint density at radius 2 is 1.30 bits per heavy atom. The summed E-state index contributed by atoms with van der Waals surface area (Å²) in [4.78, 5) is 20.4. The van der Waals surface area contributed by atoms with Crippen molar-refractivity contribution in [3.8, 4) is 0 Å². The summed E-state index contributed by atoms with van der Waals surface area (Å²) >= 11 is 0. The van der Waals surface area contributed by atoms with Gasteiger partial charge < -0.3 is 26.0 Å². The zero-order chi connectivity index (χ0) is 41.2. The summed E-state index contributed by atoms with van der Waals surface area (Å²) in [6, 6.07) is 11.8. The first-order chi connectivity index (χ1) is 27.0. The molecule has 2 heterocycles. The van der Waals surface area contributed by atoms with E-state index in [-0.39, 0.29) is 11.7 Å². The lowest BCUT2D eigenvalue weighted by atomic mass is 9.84. The molecule has 0 bridgehead atoms. The van der Waals surface area contributed by atoms with Crippen molar-refractivity contribution in [2.24, 2.45) is 17.6 Å². The lowest BCUT2D eigenvalue weighted by Gasteiger charge is -2.37. The number of halogens is 7. The topological polar surface area (TPSA) is 88.3 Å². The molecule has 2 saturated heterocycles. The van der Waals surface area contributed by atoms with Crippen LogP contribution in [-0.4, -0.2) is 105 Å². The van der Waals surface area contributed by atoms with Gasteiger partial charge >= 0.3 is 12.4 Å². The summed E-state index contributed by atoms with van der Waals surface area (Å²) in [6.45, 7) is 10.3. The van der Waals surface area contributed by atoms with Crippen LogP contribution in [0.2, 0.25) is 0 Å². The summed E-state index contributed by atoms with van der Waals surface area (Å²) in [6.07, 6.45) is -0.665. The molecule has 2 saturated carbocycles. The number of piperazine rings is 2. The average Bonchev–Trinajstić information content (AvgIpc) is 3.17. The summed E-state index contributed by atoms with van der Waals surface area (Å²) in [5.74, 6) is -0.759. The molecule has 4 fully saturated rings. The van der Waals surface area contributed by atoms with Crippen LogP contribution in [0.3, 0.4) is 0 Å². The summed E-state index contributed by atoms with van der Waals surface area (Å²) in [5.41, 5.74) is 6.90. The van der Waals surface area contributed by atoms with E-state index in [4.69, 9.17) is 5.73 Å². The SMILES string of the molecule is CC(O)c1cccc(N2CCN(CCC3CCC(NC(=O)CC(F)(F)F)CC3)CC2)c1.NC1CCC(CCN2CCN(c3cccc(C(F)(F)F)c3F)CC2)CC1. The van der Waals surface area contributed by atoms with Gasteiger partial charge in [0.05, 0.1) is 17.4 Å². The van der Waals surface area contributed by atoms with Gasteiger partial charge in [-0.15, -0.1) is 0 Å². The van der Waals surface area contributed by atoms with E-state index in [0.717, 1.165) is 127 Å². The number of nitrogens with zero attached hydrogens (tertiary/aromatic N) is 4. The van der Waals surface area contributed by atoms with E-state index >= 15 is 0 Å². The van der Waals surface area contributed by atoms with Crippen LogP contribution in [0.25, 0.3) is 0 Å². The first-order valence-corrected chi connectivity index (χ1v) is 20.7. The molecule has 8 nitrogen and oxygen atoms in total. The molecule has 6 rings (SSSR count). The van der Waals surface area contributed by atoms with Crippen molar-refractivity contribution >= 4 is 17.3 Å². The van der Waals surface area contributed by atoms with Crippen molar-refractivity contribution in [2.45, 2.75) is 108 Å². The molecule has 2 aliphatic heterocycles. The largest absolute Gasteiger partial charge is 0.419 e. The van der Waals surface area contributed by atoms with Crippen LogP contribution in [0.4, 0.5) is 42.1 Å². The first kappa shape index (κ1) is 45.0. The Hall–Kier alpha value is -3.14. The number of benzene rings is 2. The van der Waals surface area contributed by atoms with E-state index < -0.39 is 42.2 Å². The van der Waals surface area contributed by atoms with Gasteiger partial charge in [-0.3, -0.25) is 14.6 Å². The molecule has 2 aromatic rings. The first-order valence-electron chi connectivity index (χ1n) is 20.7. The maximum absolute atomic E-state index is 14.3. The smallest absolute Gasteiger partial charge is 0.389 e. The van der Waals surface area contributed by atoms with Gasteiger partial charge in [0.15, 0.2) is 5.82 Å². The summed E-state index contributed by atoms with van der Waals surface area (Å²) in [5, 5.41) is 12.3. The number of aliphatic hydroxyl groups excluding tert-OH is 1. The molecule has 0 spiro atoms. The fourth-order valence-corrected chi connectivity index (χ4v) is 8.67. The van der Waals surface area contributed by atoms with Crippen molar-refractivity contribution in [3.63, 3.8) is 0 Å². The van der Waals surface area contributed by atoms with Crippen LogP contribution in [0.1, 0.15) is 94.8 Å². The predicted octanol–water partition coefficient (Wildman–Crippen LogP) is 7.75. The Morgan fingerprint density at radius 3 is 1.82 bits per heavy atom. The number of nitrogens with one attached hydrogen (secondary N) is 1. The number of amides is 1. The molecule has 15 heteroatoms. The molecule has 4 aliphatic rings. The number of hydrogen-bond donors (Lipinski definition) is 3. The number of aliphatic hydroxyl groups is 1. The van der Waals surface area contributed by atoms with Gasteiger partial charge in [-0.25, -0.2) is 4.39 Å². The van der Waals surface area contributed by atoms with Crippen molar-refractivity contribution in [1.29, 1.82) is 0 Å². The summed E-state index contributed by atoms with van der Waals surface area (Å²) < 4.78 is 89.8. The highest BCUT2D eigenvalue weighted by Gasteiger charge is 2.36. The van der Waals surface area contributed by atoms with E-state index in [1.165, 1.54) is 25.0 Å². The minimum atomic E-state index is -4.66. The summed E-state index contributed by atoms with van der Waals surface area (Å²) in [7, 11) is 0. The predicted molar refractivity (Wildman–Crippen MR) is 210 cm³/mol. The van der Waals surface area contributed by atoms with Gasteiger partial charge in [0, 0.05) is 70.1 Å². The molecule has 1 unspecified atom stereocenters. The second-order valence-electron chi connectivity index (χ2n) is 16.5. The monoisotopic (exact) mass is 814 g/mol. The number of alkyl halides is 6. The number of nitrogens with two attached hydrogens (primary N) is 1. The van der Waals surface area contributed by atoms with Crippen LogP contribution in [0.5, 0.6) is 0 Å². The number of carbonyl (C=O) groups is 1. The van der Waals surface area contributed by atoms with Gasteiger partial charge in [0.25, 0.3) is 0 Å². The molecule has 2 aliphatic carbocycles. The number of hydrogen-bond acceptors (Lipinski definition) is 7. The second-order valence-corrected chi connectivity index (χ2v) is 16.5. The Bertz CT molecular complexity index is 1530. The van der Waals surface area contributed by atoms with E-state index in [9.17, 15) is 40.6 Å². The van der Waals surface area contributed by atoms with Crippen molar-refractivity contribution in [3.05, 3.63) is 59.4 Å². The average molecular weight is 815 g/mol. The molecule has 0 aromatic heterocycles. The Kier molecular flexibility index (Phi) is 16.3. The van der Waals surface area contributed by atoms with Crippen LogP contribution in [-0.2, 0) is 11.0 Å². The highest BCUT2D eigenvalue weighted by Crippen LogP contribution is 2.36. The van der Waals surface area contributed by atoms with E-state index in [2.05, 4.69) is 32.1 Å². The molecular formula is C42H61F7N6O2. The molecule has 320 valence electrons. The quantitative estimate of drug-likeness (QED) is 0.200. The third-order valence-corrected chi connectivity index (χ3v) is 12.3. The maximum Gasteiger partial charge on any atom is 0.419 e. The van der Waals surface area contributed by atoms with E-state index in [0.29, 0.717) is 25.0 Å². The molecule has 2 aromatic carbocycles. The number of carbonyl (C=O) groups excluding carboxylic acids is 1. The molecular weight excluding hydrogens is 753 g/mol. The Balaban J connectivity index is 0.000000221. The van der Waals surface area contributed by atoms with Gasteiger partial charge in [0.2, 0.25) is 5.91 Å². The molecule has 1 atom stereocenters. The molecule has 0 radical (unpaired) electrons. The third kappa shape index (κ3) is 14.3. The molecule has 57 heavy (non-hydrogen) atoms. The molecule has 4 N–H and O–H groups in total. The zero-order valence-electron chi connectivity index (χ0n) is 33.1. The van der Waals surface area contributed by atoms with Crippen molar-refractivity contribution in [1.82, 2.24) is 15.1 Å². The number of rotatable bonds is 11. The highest BCUT2D eigenvalue weighted by atomic mass is 19.4. The maximum atomic E-state index is 14.3. The normalized spacial score (nSPS) is 24.7. The van der Waals surface area contributed by atoms with Gasteiger partial charge in [-0.05, 0) is 126 Å². The Morgan fingerprint density at radius 1 is 0.772 bits per heavy atom. The van der Waals surface area contributed by atoms with E-state index in [1.54, 1.807) is 11.8 Å². The van der Waals surface area contributed by atoms with Gasteiger partial charge in [0.1, 0.15) is 6.42 Å². The third-order valence-electron chi connectivity index (χ3n) is 12.3. The van der Waals surface area contributed by atoms with Crippen LogP contribution in [0, 0.1) is 17.7 Å². The van der Waals surface area contributed by atoms with Crippen molar-refractivity contribution in [2.75, 3.05) is 75.2 Å².